The summed E-state index contributed by atoms with van der Waals surface area (Å²) in [6, 6.07) is 0. The van der Waals surface area contributed by atoms with Crippen molar-refractivity contribution in [3.8, 4) is 0 Å². The molecule has 9 nitrogen and oxygen atoms in total. The van der Waals surface area contributed by atoms with Gasteiger partial charge in [0.15, 0.2) is 4.34 Å². The molecule has 0 aliphatic carbocycles. The van der Waals surface area contributed by atoms with Gasteiger partial charge in [-0.3, -0.25) is 9.59 Å². The molecule has 1 saturated heterocycles. The summed E-state index contributed by atoms with van der Waals surface area (Å²) in [6.45, 7) is 6.29. The van der Waals surface area contributed by atoms with Crippen molar-refractivity contribution in [2.45, 2.75) is 11.3 Å². The Kier molecular flexibility index (Phi) is 9.09. The number of ether oxygens (including phenoxy) is 2. The van der Waals surface area contributed by atoms with Gasteiger partial charge in [-0.05, 0) is 6.92 Å². The van der Waals surface area contributed by atoms with E-state index in [1.807, 2.05) is 11.8 Å². The maximum Gasteiger partial charge on any atom is 0.248 e. The number of carbonyl (C=O) groups excluding carboxylic acids is 2. The minimum Gasteiger partial charge on any atom is -0.383 e. The zero-order valence-corrected chi connectivity index (χ0v) is 16.7. The number of hydrogen-bond acceptors (Lipinski definition) is 9. The zero-order valence-electron chi connectivity index (χ0n) is 15.1. The molecule has 0 aromatic carbocycles. The molecule has 1 fully saturated rings. The molecule has 11 heteroatoms. The van der Waals surface area contributed by atoms with E-state index in [1.54, 1.807) is 7.11 Å². The van der Waals surface area contributed by atoms with Crippen molar-refractivity contribution in [1.29, 1.82) is 0 Å². The lowest BCUT2D eigenvalue weighted by Crippen LogP contribution is -2.49. The molecule has 0 bridgehead atoms. The first-order chi connectivity index (χ1) is 12.6. The van der Waals surface area contributed by atoms with Crippen molar-refractivity contribution in [3.63, 3.8) is 0 Å². The number of hydrogen-bond donors (Lipinski definition) is 1. The second-order valence-corrected chi connectivity index (χ2v) is 7.67. The number of piperazine rings is 1. The smallest absolute Gasteiger partial charge is 0.248 e. The SMILES string of the molecule is CCOCC(=O)N1CCN(c2nnc(SCC(=O)NCCOC)s2)CC1. The van der Waals surface area contributed by atoms with E-state index in [-0.39, 0.29) is 18.4 Å². The summed E-state index contributed by atoms with van der Waals surface area (Å²) in [5.74, 6) is 0.280. The second kappa shape index (κ2) is 11.3. The lowest BCUT2D eigenvalue weighted by atomic mass is 10.3. The summed E-state index contributed by atoms with van der Waals surface area (Å²) in [6.07, 6.45) is 0. The number of nitrogens with one attached hydrogen (secondary N) is 1. The van der Waals surface area contributed by atoms with Gasteiger partial charge in [0, 0.05) is 46.4 Å². The first-order valence-electron chi connectivity index (χ1n) is 8.46. The minimum absolute atomic E-state index is 0.0273. The molecule has 0 atom stereocenters. The van der Waals surface area contributed by atoms with Crippen LogP contribution in [0.5, 0.6) is 0 Å². The number of methoxy groups -OCH3 is 1. The molecule has 0 unspecified atom stereocenters. The Morgan fingerprint density at radius 2 is 2.04 bits per heavy atom. The maximum absolute atomic E-state index is 12.0. The highest BCUT2D eigenvalue weighted by atomic mass is 32.2. The molecule has 26 heavy (non-hydrogen) atoms. The molecule has 2 rings (SSSR count). The molecule has 2 heterocycles. The van der Waals surface area contributed by atoms with E-state index in [1.165, 1.54) is 23.1 Å². The van der Waals surface area contributed by atoms with Crippen LogP contribution in [0.25, 0.3) is 0 Å². The molecule has 0 spiro atoms. The van der Waals surface area contributed by atoms with Crippen molar-refractivity contribution in [1.82, 2.24) is 20.4 Å². The molecule has 1 aromatic heterocycles. The number of thioether (sulfide) groups is 1. The molecule has 2 amide bonds. The molecule has 146 valence electrons. The third kappa shape index (κ3) is 6.71. The topological polar surface area (TPSA) is 96.9 Å². The van der Waals surface area contributed by atoms with Crippen LogP contribution in [0.15, 0.2) is 4.34 Å². The number of rotatable bonds is 10. The van der Waals surface area contributed by atoms with Crippen LogP contribution in [0.2, 0.25) is 0 Å². The Balaban J connectivity index is 1.73. The molecule has 1 aromatic rings. The van der Waals surface area contributed by atoms with Gasteiger partial charge in [-0.1, -0.05) is 23.1 Å². The standard InChI is InChI=1S/C15H25N5O4S2/c1-3-24-10-13(22)19-5-7-20(8-6-19)14-17-18-15(26-14)25-11-12(21)16-4-9-23-2/h3-11H2,1-2H3,(H,16,21). The molecule has 0 saturated carbocycles. The molecule has 1 N–H and O–H groups in total. The average molecular weight is 404 g/mol. The Morgan fingerprint density at radius 3 is 2.73 bits per heavy atom. The minimum atomic E-state index is -0.0507. The first-order valence-corrected chi connectivity index (χ1v) is 10.3. The molecular weight excluding hydrogens is 378 g/mol. The van der Waals surface area contributed by atoms with Crippen molar-refractivity contribution in [3.05, 3.63) is 0 Å². The summed E-state index contributed by atoms with van der Waals surface area (Å²) in [5, 5.41) is 11.9. The van der Waals surface area contributed by atoms with Crippen LogP contribution in [-0.4, -0.2) is 92.3 Å². The average Bonchev–Trinajstić information content (AvgIpc) is 3.14. The van der Waals surface area contributed by atoms with E-state index in [2.05, 4.69) is 20.4 Å². The van der Waals surface area contributed by atoms with E-state index in [0.717, 1.165) is 9.47 Å². The predicted octanol–water partition coefficient (Wildman–Crippen LogP) is 0.0779. The second-order valence-electron chi connectivity index (χ2n) is 5.49. The van der Waals surface area contributed by atoms with Gasteiger partial charge < -0.3 is 24.6 Å². The van der Waals surface area contributed by atoms with Crippen LogP contribution in [0.1, 0.15) is 6.92 Å². The fourth-order valence-corrected chi connectivity index (χ4v) is 4.01. The summed E-state index contributed by atoms with van der Waals surface area (Å²) in [5.41, 5.74) is 0. The fourth-order valence-electron chi connectivity index (χ4n) is 2.29. The lowest BCUT2D eigenvalue weighted by Gasteiger charge is -2.34. The predicted molar refractivity (Wildman–Crippen MR) is 101 cm³/mol. The number of amides is 2. The molecule has 1 aliphatic rings. The number of anilines is 1. The van der Waals surface area contributed by atoms with Crippen LogP contribution in [0, 0.1) is 0 Å². The number of nitrogens with zero attached hydrogens (tertiary/aromatic N) is 4. The summed E-state index contributed by atoms with van der Waals surface area (Å²) < 4.78 is 10.8. The van der Waals surface area contributed by atoms with Gasteiger partial charge in [0.25, 0.3) is 0 Å². The highest BCUT2D eigenvalue weighted by molar-refractivity contribution is 8.01. The van der Waals surface area contributed by atoms with Gasteiger partial charge in [-0.25, -0.2) is 0 Å². The third-order valence-electron chi connectivity index (χ3n) is 3.68. The van der Waals surface area contributed by atoms with Gasteiger partial charge in [-0.15, -0.1) is 10.2 Å². The number of carbonyl (C=O) groups is 2. The van der Waals surface area contributed by atoms with Gasteiger partial charge in [-0.2, -0.15) is 0 Å². The Morgan fingerprint density at radius 1 is 1.27 bits per heavy atom. The monoisotopic (exact) mass is 403 g/mol. The van der Waals surface area contributed by atoms with Crippen LogP contribution < -0.4 is 10.2 Å². The van der Waals surface area contributed by atoms with Gasteiger partial charge >= 0.3 is 0 Å². The highest BCUT2D eigenvalue weighted by Gasteiger charge is 2.23. The van der Waals surface area contributed by atoms with Gasteiger partial charge in [0.1, 0.15) is 6.61 Å². The fraction of sp³-hybridized carbons (Fsp3) is 0.733. The van der Waals surface area contributed by atoms with Crippen LogP contribution in [-0.2, 0) is 19.1 Å². The van der Waals surface area contributed by atoms with Crippen LogP contribution in [0.3, 0.4) is 0 Å². The van der Waals surface area contributed by atoms with E-state index < -0.39 is 0 Å². The largest absolute Gasteiger partial charge is 0.383 e. The van der Waals surface area contributed by atoms with Crippen LogP contribution >= 0.6 is 23.1 Å². The summed E-state index contributed by atoms with van der Waals surface area (Å²) >= 11 is 2.84. The number of aromatic nitrogens is 2. The van der Waals surface area contributed by atoms with Crippen LogP contribution in [0.4, 0.5) is 5.13 Å². The first kappa shape index (κ1) is 20.9. The van der Waals surface area contributed by atoms with E-state index in [9.17, 15) is 9.59 Å². The summed E-state index contributed by atoms with van der Waals surface area (Å²) in [4.78, 5) is 27.6. The lowest BCUT2D eigenvalue weighted by molar-refractivity contribution is -0.136. The Bertz CT molecular complexity index is 578. The van der Waals surface area contributed by atoms with Gasteiger partial charge in [0.05, 0.1) is 12.4 Å². The van der Waals surface area contributed by atoms with E-state index in [0.29, 0.717) is 51.7 Å². The van der Waals surface area contributed by atoms with Crippen molar-refractivity contribution in [2.75, 3.05) is 70.3 Å². The molecular formula is C15H25N5O4S2. The Hall–Kier alpha value is -1.43. The Labute approximate surface area is 161 Å². The molecule has 1 aliphatic heterocycles. The zero-order chi connectivity index (χ0) is 18.8. The third-order valence-corrected chi connectivity index (χ3v) is 5.80. The van der Waals surface area contributed by atoms with Gasteiger partial charge in [0.2, 0.25) is 16.9 Å². The van der Waals surface area contributed by atoms with E-state index >= 15 is 0 Å². The quantitative estimate of drug-likeness (QED) is 0.433. The maximum atomic E-state index is 12.0. The van der Waals surface area contributed by atoms with Crippen molar-refractivity contribution >= 4 is 40.0 Å². The van der Waals surface area contributed by atoms with Crippen molar-refractivity contribution < 1.29 is 19.1 Å². The van der Waals surface area contributed by atoms with E-state index in [4.69, 9.17) is 9.47 Å². The van der Waals surface area contributed by atoms with Crippen molar-refractivity contribution in [2.24, 2.45) is 0 Å². The summed E-state index contributed by atoms with van der Waals surface area (Å²) in [7, 11) is 1.60. The molecule has 0 radical (unpaired) electrons. The normalized spacial score (nSPS) is 14.5. The highest BCUT2D eigenvalue weighted by Crippen LogP contribution is 2.28.